The number of hydrogen-bond acceptors (Lipinski definition) is 6. The number of carboxylic acid groups (broad SMARTS) is 1. The first-order chi connectivity index (χ1) is 18.3. The average Bonchev–Trinajstić information content (AvgIpc) is 3.37. The highest BCUT2D eigenvalue weighted by atomic mass is 79.9. The summed E-state index contributed by atoms with van der Waals surface area (Å²) in [6.45, 7) is 2.22. The Morgan fingerprint density at radius 1 is 1.13 bits per heavy atom. The van der Waals surface area contributed by atoms with Crippen molar-refractivity contribution in [2.24, 2.45) is 5.73 Å². The molecule has 2 amide bonds. The molecule has 0 spiro atoms. The van der Waals surface area contributed by atoms with E-state index < -0.39 is 24.0 Å². The van der Waals surface area contributed by atoms with Gasteiger partial charge in [-0.15, -0.1) is 0 Å². The van der Waals surface area contributed by atoms with Crippen LogP contribution in [0.1, 0.15) is 36.1 Å². The van der Waals surface area contributed by atoms with Crippen LogP contribution in [-0.4, -0.2) is 34.9 Å². The Morgan fingerprint density at radius 2 is 1.77 bits per heavy atom. The number of anilines is 1. The third-order valence-corrected chi connectivity index (χ3v) is 5.47. The molecule has 1 aromatic heterocycles. The third-order valence-electron chi connectivity index (χ3n) is 4.85. The Kier molecular flexibility index (Phi) is 11.1. The van der Waals surface area contributed by atoms with Gasteiger partial charge in [0.05, 0.1) is 23.0 Å². The zero-order valence-corrected chi connectivity index (χ0v) is 21.9. The first-order valence-corrected chi connectivity index (χ1v) is 11.8. The zero-order valence-electron chi connectivity index (χ0n) is 20.3. The van der Waals surface area contributed by atoms with E-state index in [4.69, 9.17) is 30.2 Å². The number of aliphatic carboxylic acids is 1. The highest BCUT2D eigenvalue weighted by Crippen LogP contribution is 2.29. The number of nitrogen functional groups attached to an aromatic ring is 1. The number of carbonyl (C=O) groups excluding carboxylic acids is 2. The molecule has 1 heterocycles. The van der Waals surface area contributed by atoms with Crippen LogP contribution in [0.4, 0.5) is 18.9 Å². The average molecular weight is 613 g/mol. The molecule has 0 bridgehead atoms. The molecule has 10 nitrogen and oxygen atoms in total. The van der Waals surface area contributed by atoms with Crippen molar-refractivity contribution in [1.82, 2.24) is 5.32 Å². The molecule has 2 aromatic carbocycles. The predicted octanol–water partition coefficient (Wildman–Crippen LogP) is 4.74. The number of carboxylic acids is 1. The van der Waals surface area contributed by atoms with Crippen LogP contribution in [0.2, 0.25) is 0 Å². The zero-order chi connectivity index (χ0) is 29.2. The number of nitrogens with one attached hydrogen (secondary N) is 3. The van der Waals surface area contributed by atoms with Crippen LogP contribution in [0.3, 0.4) is 0 Å². The summed E-state index contributed by atoms with van der Waals surface area (Å²) >= 11 is 3.49. The van der Waals surface area contributed by atoms with E-state index in [0.29, 0.717) is 23.6 Å². The molecule has 3 rings (SSSR count). The number of carbonyl (C=O) groups is 3. The van der Waals surface area contributed by atoms with Crippen LogP contribution in [0.5, 0.6) is 5.75 Å². The van der Waals surface area contributed by atoms with Crippen LogP contribution in [0, 0.1) is 5.41 Å². The van der Waals surface area contributed by atoms with Crippen molar-refractivity contribution in [1.29, 1.82) is 5.41 Å². The van der Waals surface area contributed by atoms with Gasteiger partial charge in [-0.25, -0.2) is 4.79 Å². The Bertz CT molecular complexity index is 1300. The van der Waals surface area contributed by atoms with E-state index in [1.807, 2.05) is 31.2 Å². The molecule has 1 unspecified atom stereocenters. The van der Waals surface area contributed by atoms with Gasteiger partial charge in [0, 0.05) is 16.8 Å². The molecule has 0 aliphatic rings. The fourth-order valence-electron chi connectivity index (χ4n) is 2.90. The summed E-state index contributed by atoms with van der Waals surface area (Å²) in [6.07, 6.45) is -2.19. The molecule has 0 aliphatic carbocycles. The van der Waals surface area contributed by atoms with Crippen LogP contribution in [0.15, 0.2) is 69.9 Å². The van der Waals surface area contributed by atoms with Gasteiger partial charge in [0.25, 0.3) is 0 Å². The van der Waals surface area contributed by atoms with Crippen molar-refractivity contribution >= 4 is 45.2 Å². The SMILES string of the molecule is CC(NC(=O)CC(=O)Nc1ccc(C(=N)N)cc1)c1ccc(OCc2ccoc2)c(Br)c1.O=C(O)C(F)(F)F. The van der Waals surface area contributed by atoms with Crippen LogP contribution in [0.25, 0.3) is 0 Å². The van der Waals surface area contributed by atoms with Gasteiger partial charge in [-0.1, -0.05) is 6.07 Å². The lowest BCUT2D eigenvalue weighted by Gasteiger charge is -2.16. The van der Waals surface area contributed by atoms with Gasteiger partial charge in [-0.3, -0.25) is 15.0 Å². The number of alkyl halides is 3. The van der Waals surface area contributed by atoms with E-state index in [-0.39, 0.29) is 18.3 Å². The fraction of sp³-hybridized carbons (Fsp3) is 0.200. The standard InChI is InChI=1S/C23H23BrN4O4.C2HF3O2/c1-14(17-4-7-20(19(24)10-17)32-13-15-8-9-31-12-15)27-21(29)11-22(30)28-18-5-2-16(3-6-18)23(25)26;3-2(4,5)1(6)7/h2-10,12,14H,11,13H2,1H3,(H3,25,26)(H,27,29)(H,28,30);(H,6,7). The molecule has 0 aliphatic heterocycles. The first kappa shape index (κ1) is 30.9. The predicted molar refractivity (Wildman–Crippen MR) is 138 cm³/mol. The van der Waals surface area contributed by atoms with Crippen molar-refractivity contribution in [3.8, 4) is 5.75 Å². The van der Waals surface area contributed by atoms with Gasteiger partial charge in [-0.2, -0.15) is 13.2 Å². The monoisotopic (exact) mass is 612 g/mol. The number of furan rings is 1. The maximum Gasteiger partial charge on any atom is 0.490 e. The summed E-state index contributed by atoms with van der Waals surface area (Å²) in [7, 11) is 0. The second-order valence-electron chi connectivity index (χ2n) is 7.92. The molecule has 0 fully saturated rings. The summed E-state index contributed by atoms with van der Waals surface area (Å²) in [5.74, 6) is -2.97. The Labute approximate surface area is 229 Å². The van der Waals surface area contributed by atoms with E-state index in [2.05, 4.69) is 26.6 Å². The first-order valence-electron chi connectivity index (χ1n) is 11.0. The lowest BCUT2D eigenvalue weighted by Crippen LogP contribution is -2.30. The summed E-state index contributed by atoms with van der Waals surface area (Å²) < 4.78 is 43.3. The van der Waals surface area contributed by atoms with E-state index in [9.17, 15) is 22.8 Å². The number of amides is 2. The molecular formula is C25H24BrF3N4O6. The maximum absolute atomic E-state index is 12.3. The second-order valence-corrected chi connectivity index (χ2v) is 8.77. The largest absolute Gasteiger partial charge is 0.490 e. The highest BCUT2D eigenvalue weighted by Gasteiger charge is 2.38. The number of rotatable bonds is 9. The topological polar surface area (TPSA) is 168 Å². The van der Waals surface area contributed by atoms with Crippen molar-refractivity contribution in [2.45, 2.75) is 32.2 Å². The van der Waals surface area contributed by atoms with Crippen LogP contribution >= 0.6 is 15.9 Å². The lowest BCUT2D eigenvalue weighted by molar-refractivity contribution is -0.192. The quantitative estimate of drug-likeness (QED) is 0.132. The summed E-state index contributed by atoms with van der Waals surface area (Å²) in [4.78, 5) is 33.3. The Morgan fingerprint density at radius 3 is 2.28 bits per heavy atom. The van der Waals surface area contributed by atoms with Crippen LogP contribution in [-0.2, 0) is 21.0 Å². The summed E-state index contributed by atoms with van der Waals surface area (Å²) in [6, 6.07) is 13.6. The minimum absolute atomic E-state index is 0.0552. The molecule has 39 heavy (non-hydrogen) atoms. The molecule has 6 N–H and O–H groups in total. The molecule has 0 saturated heterocycles. The van der Waals surface area contributed by atoms with Crippen LogP contribution < -0.4 is 21.1 Å². The number of hydrogen-bond donors (Lipinski definition) is 5. The van der Waals surface area contributed by atoms with Crippen molar-refractivity contribution in [3.05, 3.63) is 82.2 Å². The smallest absolute Gasteiger partial charge is 0.488 e. The van der Waals surface area contributed by atoms with Gasteiger partial charge < -0.3 is 30.6 Å². The van der Waals surface area contributed by atoms with Crippen molar-refractivity contribution in [2.75, 3.05) is 5.32 Å². The van der Waals surface area contributed by atoms with Gasteiger partial charge >= 0.3 is 12.1 Å². The van der Waals surface area contributed by atoms with E-state index in [1.165, 1.54) is 0 Å². The van der Waals surface area contributed by atoms with Crippen molar-refractivity contribution < 1.29 is 41.8 Å². The highest BCUT2D eigenvalue weighted by molar-refractivity contribution is 9.10. The molecule has 0 radical (unpaired) electrons. The molecule has 3 aromatic rings. The molecular weight excluding hydrogens is 589 g/mol. The Balaban J connectivity index is 0.000000673. The molecule has 1 atom stereocenters. The van der Waals surface area contributed by atoms with Gasteiger partial charge in [0.1, 0.15) is 24.6 Å². The van der Waals surface area contributed by atoms with Crippen molar-refractivity contribution in [3.63, 3.8) is 0 Å². The summed E-state index contributed by atoms with van der Waals surface area (Å²) in [5.41, 5.74) is 8.27. The van der Waals surface area contributed by atoms with E-state index in [1.54, 1.807) is 36.8 Å². The van der Waals surface area contributed by atoms with Gasteiger partial charge in [0.2, 0.25) is 11.8 Å². The van der Waals surface area contributed by atoms with E-state index in [0.717, 1.165) is 15.6 Å². The maximum atomic E-state index is 12.3. The second kappa shape index (κ2) is 14.0. The van der Waals surface area contributed by atoms with E-state index >= 15 is 0 Å². The number of ether oxygens (including phenoxy) is 1. The summed E-state index contributed by atoms with van der Waals surface area (Å²) in [5, 5.41) is 20.0. The minimum atomic E-state index is -5.08. The third kappa shape index (κ3) is 10.5. The fourth-order valence-corrected chi connectivity index (χ4v) is 3.41. The molecule has 0 saturated carbocycles. The van der Waals surface area contributed by atoms with Gasteiger partial charge in [0.15, 0.2) is 0 Å². The Hall–Kier alpha value is -4.33. The number of halogens is 4. The minimum Gasteiger partial charge on any atom is -0.488 e. The molecule has 208 valence electrons. The number of amidine groups is 1. The number of nitrogens with two attached hydrogens (primary N) is 1. The number of benzene rings is 2. The normalized spacial score (nSPS) is 11.4. The van der Waals surface area contributed by atoms with Gasteiger partial charge in [-0.05, 0) is 70.9 Å². The molecule has 14 heteroatoms. The lowest BCUT2D eigenvalue weighted by atomic mass is 10.1.